The minimum absolute atomic E-state index is 0.0524. The van der Waals surface area contributed by atoms with E-state index in [1.165, 1.54) is 0 Å². The highest BCUT2D eigenvalue weighted by Gasteiger charge is 2.42. The van der Waals surface area contributed by atoms with Gasteiger partial charge in [0.1, 0.15) is 0 Å². The van der Waals surface area contributed by atoms with Crippen LogP contribution >= 0.6 is 0 Å². The van der Waals surface area contributed by atoms with Crippen molar-refractivity contribution >= 4 is 0 Å². The van der Waals surface area contributed by atoms with Gasteiger partial charge in [0.25, 0.3) is 0 Å². The first-order chi connectivity index (χ1) is 9.75. The molecule has 0 radical (unpaired) electrons. The Hall–Kier alpha value is -1.76. The van der Waals surface area contributed by atoms with E-state index in [1.807, 2.05) is 12.1 Å². The number of aromatic nitrogens is 3. The van der Waals surface area contributed by atoms with Gasteiger partial charge in [0, 0.05) is 42.8 Å². The summed E-state index contributed by atoms with van der Waals surface area (Å²) in [5, 5.41) is 23.4. The van der Waals surface area contributed by atoms with Gasteiger partial charge in [-0.3, -0.25) is 4.98 Å². The molecule has 0 spiro atoms. The quantitative estimate of drug-likeness (QED) is 0.638. The summed E-state index contributed by atoms with van der Waals surface area (Å²) in [4.78, 5) is 11.1. The first-order valence-electron chi connectivity index (χ1n) is 6.72. The molecule has 0 bridgehead atoms. The summed E-state index contributed by atoms with van der Waals surface area (Å²) < 4.78 is 0. The number of aliphatic hydroxyl groups excluding tert-OH is 2. The second-order valence-electron chi connectivity index (χ2n) is 5.17. The van der Waals surface area contributed by atoms with Gasteiger partial charge in [0.05, 0.1) is 18.5 Å². The number of imidazole rings is 1. The Morgan fingerprint density at radius 1 is 1.30 bits per heavy atom. The maximum Gasteiger partial charge on any atom is 0.0957 e. The molecule has 106 valence electrons. The highest BCUT2D eigenvalue weighted by atomic mass is 16.3. The predicted octanol–water partition coefficient (Wildman–Crippen LogP) is 0.172. The molecule has 4 atom stereocenters. The van der Waals surface area contributed by atoms with Crippen LogP contribution in [0.25, 0.3) is 0 Å². The Balaban J connectivity index is 1.74. The number of nitrogens with zero attached hydrogens (tertiary/aromatic N) is 2. The van der Waals surface area contributed by atoms with E-state index in [0.29, 0.717) is 13.0 Å². The van der Waals surface area contributed by atoms with E-state index in [2.05, 4.69) is 20.3 Å². The van der Waals surface area contributed by atoms with Gasteiger partial charge in [-0.1, -0.05) is 6.07 Å². The average Bonchev–Trinajstić information content (AvgIpc) is 3.08. The molecule has 6 nitrogen and oxygen atoms in total. The van der Waals surface area contributed by atoms with Crippen LogP contribution in [0.2, 0.25) is 0 Å². The number of aromatic amines is 1. The lowest BCUT2D eigenvalue weighted by Crippen LogP contribution is -2.42. The average molecular weight is 274 g/mol. The lowest BCUT2D eigenvalue weighted by Gasteiger charge is -2.23. The van der Waals surface area contributed by atoms with E-state index >= 15 is 0 Å². The molecule has 4 N–H and O–H groups in total. The van der Waals surface area contributed by atoms with Gasteiger partial charge in [0.15, 0.2) is 0 Å². The Labute approximate surface area is 116 Å². The number of pyridine rings is 1. The highest BCUT2D eigenvalue weighted by molar-refractivity contribution is 5.21. The van der Waals surface area contributed by atoms with Crippen LogP contribution in [0.1, 0.15) is 23.6 Å². The zero-order valence-corrected chi connectivity index (χ0v) is 11.0. The zero-order valence-electron chi connectivity index (χ0n) is 11.0. The molecule has 3 rings (SSSR count). The third-order valence-electron chi connectivity index (χ3n) is 3.89. The van der Waals surface area contributed by atoms with Crippen molar-refractivity contribution in [2.75, 3.05) is 0 Å². The number of aliphatic hydroxyl groups is 2. The van der Waals surface area contributed by atoms with E-state index in [9.17, 15) is 10.2 Å². The van der Waals surface area contributed by atoms with Crippen molar-refractivity contribution in [3.8, 4) is 0 Å². The molecule has 20 heavy (non-hydrogen) atoms. The van der Waals surface area contributed by atoms with Crippen molar-refractivity contribution in [2.45, 2.75) is 37.1 Å². The van der Waals surface area contributed by atoms with Gasteiger partial charge < -0.3 is 20.5 Å². The Bertz CT molecular complexity index is 531. The maximum atomic E-state index is 10.2. The molecule has 1 aliphatic carbocycles. The van der Waals surface area contributed by atoms with Crippen molar-refractivity contribution in [3.63, 3.8) is 0 Å². The molecular formula is C14H18N4O2. The van der Waals surface area contributed by atoms with Crippen LogP contribution in [-0.2, 0) is 6.54 Å². The summed E-state index contributed by atoms with van der Waals surface area (Å²) >= 11 is 0. The van der Waals surface area contributed by atoms with Gasteiger partial charge in [-0.25, -0.2) is 4.98 Å². The summed E-state index contributed by atoms with van der Waals surface area (Å²) in [6.45, 7) is 0.575. The summed E-state index contributed by atoms with van der Waals surface area (Å²) in [7, 11) is 0. The summed E-state index contributed by atoms with van der Waals surface area (Å²) in [5.74, 6) is 0.0524. The third kappa shape index (κ3) is 2.58. The number of rotatable bonds is 4. The minimum atomic E-state index is -0.775. The molecule has 2 heterocycles. The molecule has 2 aromatic rings. The first-order valence-corrected chi connectivity index (χ1v) is 6.72. The first kappa shape index (κ1) is 13.2. The third-order valence-corrected chi connectivity index (χ3v) is 3.89. The van der Waals surface area contributed by atoms with Gasteiger partial charge in [-0.05, 0) is 18.1 Å². The fraction of sp³-hybridized carbons (Fsp3) is 0.429. The molecule has 2 aromatic heterocycles. The largest absolute Gasteiger partial charge is 0.390 e. The number of nitrogens with one attached hydrogen (secondary N) is 2. The second kappa shape index (κ2) is 5.70. The second-order valence-corrected chi connectivity index (χ2v) is 5.17. The van der Waals surface area contributed by atoms with Crippen LogP contribution in [-0.4, -0.2) is 43.4 Å². The SMILES string of the molecule is O[C@H]1[C@H](NCc2cnc[nH]2)[C@@H](c2cccnc2)C[C@H]1O. The van der Waals surface area contributed by atoms with Crippen molar-refractivity contribution in [1.82, 2.24) is 20.3 Å². The summed E-state index contributed by atoms with van der Waals surface area (Å²) in [5.41, 5.74) is 1.98. The maximum absolute atomic E-state index is 10.2. The molecule has 0 unspecified atom stereocenters. The van der Waals surface area contributed by atoms with E-state index in [4.69, 9.17) is 0 Å². The fourth-order valence-corrected chi connectivity index (χ4v) is 2.83. The normalized spacial score (nSPS) is 29.7. The Kier molecular flexibility index (Phi) is 3.77. The molecular weight excluding hydrogens is 256 g/mol. The topological polar surface area (TPSA) is 94.1 Å². The molecule has 6 heteroatoms. The van der Waals surface area contributed by atoms with E-state index < -0.39 is 12.2 Å². The number of H-pyrrole nitrogens is 1. The van der Waals surface area contributed by atoms with E-state index in [-0.39, 0.29) is 12.0 Å². The molecule has 1 aliphatic rings. The lowest BCUT2D eigenvalue weighted by atomic mass is 9.95. The highest BCUT2D eigenvalue weighted by Crippen LogP contribution is 2.35. The van der Waals surface area contributed by atoms with E-state index in [1.54, 1.807) is 24.9 Å². The van der Waals surface area contributed by atoms with Crippen molar-refractivity contribution < 1.29 is 10.2 Å². The van der Waals surface area contributed by atoms with Gasteiger partial charge in [-0.15, -0.1) is 0 Å². The van der Waals surface area contributed by atoms with Gasteiger partial charge in [-0.2, -0.15) is 0 Å². The predicted molar refractivity (Wildman–Crippen MR) is 72.8 cm³/mol. The molecule has 1 fully saturated rings. The standard InChI is InChI=1S/C14H18N4O2/c19-12-4-11(9-2-1-3-15-5-9)13(14(12)20)17-7-10-6-16-8-18-10/h1-3,5-6,8,11-14,17,19-20H,4,7H2,(H,16,18)/t11-,12-,13-,14-/m1/s1. The molecule has 0 saturated heterocycles. The molecule has 0 aliphatic heterocycles. The monoisotopic (exact) mass is 274 g/mol. The summed E-state index contributed by atoms with van der Waals surface area (Å²) in [6.07, 6.45) is 5.92. The van der Waals surface area contributed by atoms with Crippen LogP contribution in [0.3, 0.4) is 0 Å². The lowest BCUT2D eigenvalue weighted by molar-refractivity contribution is 0.0297. The van der Waals surface area contributed by atoms with Crippen LogP contribution in [0.4, 0.5) is 0 Å². The minimum Gasteiger partial charge on any atom is -0.390 e. The number of hydrogen-bond acceptors (Lipinski definition) is 5. The van der Waals surface area contributed by atoms with Crippen LogP contribution in [0, 0.1) is 0 Å². The Morgan fingerprint density at radius 2 is 2.20 bits per heavy atom. The number of hydrogen-bond donors (Lipinski definition) is 4. The van der Waals surface area contributed by atoms with Crippen LogP contribution in [0.15, 0.2) is 37.1 Å². The summed E-state index contributed by atoms with van der Waals surface area (Å²) in [6, 6.07) is 3.66. The van der Waals surface area contributed by atoms with Crippen molar-refractivity contribution in [1.29, 1.82) is 0 Å². The van der Waals surface area contributed by atoms with E-state index in [0.717, 1.165) is 11.3 Å². The smallest absolute Gasteiger partial charge is 0.0957 e. The van der Waals surface area contributed by atoms with Crippen molar-refractivity contribution in [3.05, 3.63) is 48.3 Å². The molecule has 1 saturated carbocycles. The van der Waals surface area contributed by atoms with Gasteiger partial charge >= 0.3 is 0 Å². The Morgan fingerprint density at radius 3 is 2.90 bits per heavy atom. The van der Waals surface area contributed by atoms with Crippen LogP contribution in [0.5, 0.6) is 0 Å². The van der Waals surface area contributed by atoms with Crippen LogP contribution < -0.4 is 5.32 Å². The molecule has 0 amide bonds. The molecule has 0 aromatic carbocycles. The zero-order chi connectivity index (χ0) is 13.9. The fourth-order valence-electron chi connectivity index (χ4n) is 2.83. The van der Waals surface area contributed by atoms with Crippen molar-refractivity contribution in [2.24, 2.45) is 0 Å². The van der Waals surface area contributed by atoms with Gasteiger partial charge in [0.2, 0.25) is 0 Å².